The molecule has 0 saturated heterocycles. The summed E-state index contributed by atoms with van der Waals surface area (Å²) in [6, 6.07) is 17.0. The van der Waals surface area contributed by atoms with Crippen LogP contribution in [0.25, 0.3) is 0 Å². The molecule has 1 saturated carbocycles. The standard InChI is InChI=1S/C19H18ClN/c20-16-9-7-14(8-10-16)15-4-3-11-19(12-15)13-21-18-6-2-1-5-17(18)19/h1-2,5-10,13,15H,3-4,11-12H2. The van der Waals surface area contributed by atoms with E-state index in [1.54, 1.807) is 0 Å². The van der Waals surface area contributed by atoms with E-state index in [9.17, 15) is 0 Å². The molecule has 2 aliphatic rings. The summed E-state index contributed by atoms with van der Waals surface area (Å²) in [5, 5.41) is 0.817. The minimum atomic E-state index is 0.152. The molecule has 1 nitrogen and oxygen atoms in total. The highest BCUT2D eigenvalue weighted by Gasteiger charge is 2.40. The number of fused-ring (bicyclic) bond motifs is 2. The second-order valence-electron chi connectivity index (χ2n) is 6.28. The van der Waals surface area contributed by atoms with Crippen molar-refractivity contribution in [1.29, 1.82) is 0 Å². The molecule has 21 heavy (non-hydrogen) atoms. The summed E-state index contributed by atoms with van der Waals surface area (Å²) in [5.41, 5.74) is 4.15. The molecule has 1 fully saturated rings. The first-order valence-electron chi connectivity index (χ1n) is 7.67. The quantitative estimate of drug-likeness (QED) is 0.644. The number of nitrogens with zero attached hydrogens (tertiary/aromatic N) is 1. The molecule has 0 N–H and O–H groups in total. The maximum absolute atomic E-state index is 6.02. The molecule has 0 bridgehead atoms. The summed E-state index contributed by atoms with van der Waals surface area (Å²) in [7, 11) is 0. The van der Waals surface area contributed by atoms with Gasteiger partial charge in [-0.3, -0.25) is 4.99 Å². The summed E-state index contributed by atoms with van der Waals surface area (Å²) in [4.78, 5) is 4.67. The number of halogens is 1. The van der Waals surface area contributed by atoms with Crippen LogP contribution < -0.4 is 0 Å². The van der Waals surface area contributed by atoms with E-state index in [4.69, 9.17) is 11.6 Å². The van der Waals surface area contributed by atoms with Gasteiger partial charge in [-0.1, -0.05) is 48.4 Å². The van der Waals surface area contributed by atoms with Gasteiger partial charge in [0, 0.05) is 16.7 Å². The van der Waals surface area contributed by atoms with Gasteiger partial charge in [0.25, 0.3) is 0 Å². The van der Waals surface area contributed by atoms with E-state index in [1.165, 1.54) is 30.4 Å². The molecule has 2 aromatic rings. The van der Waals surface area contributed by atoms with Gasteiger partial charge in [0.05, 0.1) is 5.69 Å². The highest BCUT2D eigenvalue weighted by Crippen LogP contribution is 2.50. The highest BCUT2D eigenvalue weighted by molar-refractivity contribution is 6.30. The van der Waals surface area contributed by atoms with Crippen LogP contribution in [0.3, 0.4) is 0 Å². The van der Waals surface area contributed by atoms with Crippen molar-refractivity contribution in [3.63, 3.8) is 0 Å². The van der Waals surface area contributed by atoms with E-state index >= 15 is 0 Å². The monoisotopic (exact) mass is 295 g/mol. The van der Waals surface area contributed by atoms with Gasteiger partial charge in [-0.2, -0.15) is 0 Å². The number of para-hydroxylation sites is 1. The molecule has 1 heterocycles. The molecule has 0 aromatic heterocycles. The van der Waals surface area contributed by atoms with Gasteiger partial charge in [-0.15, -0.1) is 0 Å². The largest absolute Gasteiger partial charge is 0.260 e. The number of rotatable bonds is 1. The summed E-state index contributed by atoms with van der Waals surface area (Å²) >= 11 is 6.02. The third kappa shape index (κ3) is 2.20. The van der Waals surface area contributed by atoms with Crippen LogP contribution in [0, 0.1) is 0 Å². The second-order valence-corrected chi connectivity index (χ2v) is 6.71. The van der Waals surface area contributed by atoms with Crippen molar-refractivity contribution in [1.82, 2.24) is 0 Å². The van der Waals surface area contributed by atoms with Crippen LogP contribution >= 0.6 is 11.6 Å². The van der Waals surface area contributed by atoms with Crippen LogP contribution in [0.2, 0.25) is 5.02 Å². The van der Waals surface area contributed by atoms with E-state index in [1.807, 2.05) is 12.1 Å². The summed E-state index contributed by atoms with van der Waals surface area (Å²) in [6.07, 6.45) is 7.11. The molecule has 2 unspecified atom stereocenters. The third-order valence-corrected chi connectivity index (χ3v) is 5.27. The number of hydrogen-bond acceptors (Lipinski definition) is 1. The van der Waals surface area contributed by atoms with Gasteiger partial charge in [-0.05, 0) is 54.5 Å². The van der Waals surface area contributed by atoms with Crippen LogP contribution in [0.1, 0.15) is 42.7 Å². The Morgan fingerprint density at radius 2 is 1.86 bits per heavy atom. The predicted octanol–water partition coefficient (Wildman–Crippen LogP) is 5.65. The lowest BCUT2D eigenvalue weighted by atomic mass is 9.66. The molecule has 2 atom stereocenters. The molecule has 106 valence electrons. The van der Waals surface area contributed by atoms with Crippen molar-refractivity contribution in [2.24, 2.45) is 4.99 Å². The van der Waals surface area contributed by atoms with E-state index in [0.29, 0.717) is 5.92 Å². The fourth-order valence-electron chi connectivity index (χ4n) is 3.96. The molecular formula is C19H18ClN. The number of aliphatic imine (C=N–C) groups is 1. The maximum atomic E-state index is 6.02. The van der Waals surface area contributed by atoms with Gasteiger partial charge in [0.2, 0.25) is 0 Å². The molecule has 0 amide bonds. The van der Waals surface area contributed by atoms with E-state index < -0.39 is 0 Å². The van der Waals surface area contributed by atoms with Crippen molar-refractivity contribution in [3.05, 3.63) is 64.7 Å². The molecule has 4 rings (SSSR count). The zero-order valence-corrected chi connectivity index (χ0v) is 12.7. The lowest BCUT2D eigenvalue weighted by Gasteiger charge is -2.37. The number of hydrogen-bond donors (Lipinski definition) is 0. The van der Waals surface area contributed by atoms with Gasteiger partial charge >= 0.3 is 0 Å². The van der Waals surface area contributed by atoms with Crippen LogP contribution in [-0.4, -0.2) is 6.21 Å². The Hall–Kier alpha value is -1.60. The SMILES string of the molecule is Clc1ccc(C2CCCC3(C=Nc4ccccc43)C2)cc1. The maximum Gasteiger partial charge on any atom is 0.0667 e. The van der Waals surface area contributed by atoms with Gasteiger partial charge in [0.15, 0.2) is 0 Å². The lowest BCUT2D eigenvalue weighted by molar-refractivity contribution is 0.349. The van der Waals surface area contributed by atoms with Gasteiger partial charge < -0.3 is 0 Å². The minimum Gasteiger partial charge on any atom is -0.260 e. The third-order valence-electron chi connectivity index (χ3n) is 5.02. The minimum absolute atomic E-state index is 0.152. The zero-order valence-electron chi connectivity index (χ0n) is 11.9. The molecule has 0 radical (unpaired) electrons. The fraction of sp³-hybridized carbons (Fsp3) is 0.316. The molecule has 2 heteroatoms. The van der Waals surface area contributed by atoms with Crippen molar-refractivity contribution >= 4 is 23.5 Å². The lowest BCUT2D eigenvalue weighted by Crippen LogP contribution is -2.31. The van der Waals surface area contributed by atoms with Crippen molar-refractivity contribution < 1.29 is 0 Å². The summed E-state index contributed by atoms with van der Waals surface area (Å²) in [5.74, 6) is 0.605. The van der Waals surface area contributed by atoms with E-state index in [-0.39, 0.29) is 5.41 Å². The van der Waals surface area contributed by atoms with Gasteiger partial charge in [0.1, 0.15) is 0 Å². The summed E-state index contributed by atoms with van der Waals surface area (Å²) in [6.45, 7) is 0. The first-order valence-corrected chi connectivity index (χ1v) is 8.05. The predicted molar refractivity (Wildman–Crippen MR) is 88.9 cm³/mol. The first kappa shape index (κ1) is 13.1. The highest BCUT2D eigenvalue weighted by atomic mass is 35.5. The van der Waals surface area contributed by atoms with E-state index in [0.717, 1.165) is 17.1 Å². The van der Waals surface area contributed by atoms with Crippen LogP contribution in [0.15, 0.2) is 53.5 Å². The Morgan fingerprint density at radius 3 is 2.71 bits per heavy atom. The van der Waals surface area contributed by atoms with Crippen molar-refractivity contribution in [2.45, 2.75) is 37.0 Å². The Morgan fingerprint density at radius 1 is 1.05 bits per heavy atom. The summed E-state index contributed by atoms with van der Waals surface area (Å²) < 4.78 is 0. The van der Waals surface area contributed by atoms with Crippen LogP contribution in [0.4, 0.5) is 5.69 Å². The normalized spacial score (nSPS) is 27.0. The van der Waals surface area contributed by atoms with Gasteiger partial charge in [-0.25, -0.2) is 0 Å². The van der Waals surface area contributed by atoms with E-state index in [2.05, 4.69) is 47.6 Å². The molecule has 1 aliphatic heterocycles. The Bertz CT molecular complexity index is 689. The second kappa shape index (κ2) is 4.99. The molecular weight excluding hydrogens is 278 g/mol. The molecule has 1 spiro atoms. The average Bonchev–Trinajstić information content (AvgIpc) is 2.87. The molecule has 1 aliphatic carbocycles. The topological polar surface area (TPSA) is 12.4 Å². The van der Waals surface area contributed by atoms with Crippen molar-refractivity contribution in [3.8, 4) is 0 Å². The van der Waals surface area contributed by atoms with Crippen molar-refractivity contribution in [2.75, 3.05) is 0 Å². The first-order chi connectivity index (χ1) is 10.3. The fourth-order valence-corrected chi connectivity index (χ4v) is 4.08. The zero-order chi connectivity index (χ0) is 14.3. The smallest absolute Gasteiger partial charge is 0.0667 e. The Balaban J connectivity index is 1.68. The molecule has 2 aromatic carbocycles. The Kier molecular flexibility index (Phi) is 3.11. The van der Waals surface area contributed by atoms with Crippen LogP contribution in [-0.2, 0) is 5.41 Å². The average molecular weight is 296 g/mol. The Labute approximate surface area is 130 Å². The number of benzene rings is 2. The van der Waals surface area contributed by atoms with Crippen LogP contribution in [0.5, 0.6) is 0 Å².